The second-order valence-corrected chi connectivity index (χ2v) is 9.44. The van der Waals surface area contributed by atoms with Gasteiger partial charge in [0.05, 0.1) is 28.8 Å². The van der Waals surface area contributed by atoms with Gasteiger partial charge in [0, 0.05) is 53.9 Å². The van der Waals surface area contributed by atoms with E-state index in [0.717, 1.165) is 13.1 Å². The number of alkyl halides is 3. The Bertz CT molecular complexity index is 1390. The largest absolute Gasteiger partial charge is 0.418 e. The summed E-state index contributed by atoms with van der Waals surface area (Å²) in [5.41, 5.74) is 2.87. The van der Waals surface area contributed by atoms with E-state index in [1.54, 1.807) is 31.2 Å². The minimum Gasteiger partial charge on any atom is -0.369 e. The molecule has 36 heavy (non-hydrogen) atoms. The first-order chi connectivity index (χ1) is 17.2. The summed E-state index contributed by atoms with van der Waals surface area (Å²) in [6.45, 7) is 4.54. The summed E-state index contributed by atoms with van der Waals surface area (Å²) in [6, 6.07) is 9.57. The van der Waals surface area contributed by atoms with Crippen LogP contribution in [0.25, 0.3) is 11.0 Å². The van der Waals surface area contributed by atoms with Crippen molar-refractivity contribution in [2.45, 2.75) is 19.5 Å². The molecule has 3 heterocycles. The molecule has 1 fully saturated rings. The molecule has 1 aliphatic rings. The summed E-state index contributed by atoms with van der Waals surface area (Å²) in [5, 5.41) is 7.11. The molecule has 0 radical (unpaired) electrons. The van der Waals surface area contributed by atoms with Crippen molar-refractivity contribution in [1.29, 1.82) is 0 Å². The van der Waals surface area contributed by atoms with Crippen molar-refractivity contribution >= 4 is 51.4 Å². The van der Waals surface area contributed by atoms with Crippen molar-refractivity contribution in [2.24, 2.45) is 0 Å². The lowest BCUT2D eigenvalue weighted by atomic mass is 10.1. The normalized spacial score (nSPS) is 14.4. The van der Waals surface area contributed by atoms with Crippen LogP contribution in [0.15, 0.2) is 42.7 Å². The minimum absolute atomic E-state index is 0.0717. The van der Waals surface area contributed by atoms with E-state index >= 15 is 0 Å². The van der Waals surface area contributed by atoms with Gasteiger partial charge in [0.15, 0.2) is 0 Å². The zero-order chi connectivity index (χ0) is 25.4. The number of piperazine rings is 1. The lowest BCUT2D eigenvalue weighted by molar-refractivity contribution is -0.136. The van der Waals surface area contributed by atoms with Crippen molar-refractivity contribution in [2.75, 3.05) is 36.4 Å². The van der Waals surface area contributed by atoms with Crippen LogP contribution >= 0.6 is 23.2 Å². The average Bonchev–Trinajstić information content (AvgIpc) is 3.35. The Balaban J connectivity index is 1.56. The van der Waals surface area contributed by atoms with Gasteiger partial charge in [-0.2, -0.15) is 13.2 Å². The van der Waals surface area contributed by atoms with Crippen LogP contribution in [0.4, 0.5) is 30.4 Å². The van der Waals surface area contributed by atoms with E-state index in [2.05, 4.69) is 25.6 Å². The molecule has 0 aliphatic carbocycles. The Morgan fingerprint density at radius 2 is 1.81 bits per heavy atom. The molecule has 2 aromatic heterocycles. The number of imidazole rings is 1. The molecule has 0 saturated carbocycles. The molecular formula is C25H23Cl2F3N6. The summed E-state index contributed by atoms with van der Waals surface area (Å²) < 4.78 is 42.4. The third-order valence-electron chi connectivity index (χ3n) is 6.34. The van der Waals surface area contributed by atoms with Crippen LogP contribution in [0.1, 0.15) is 22.4 Å². The molecule has 4 aromatic rings. The van der Waals surface area contributed by atoms with E-state index in [1.807, 2.05) is 4.90 Å². The van der Waals surface area contributed by atoms with Gasteiger partial charge >= 0.3 is 6.18 Å². The predicted octanol–water partition coefficient (Wildman–Crippen LogP) is 6.34. The fourth-order valence-corrected chi connectivity index (χ4v) is 4.96. The second kappa shape index (κ2) is 9.80. The predicted molar refractivity (Wildman–Crippen MR) is 138 cm³/mol. The zero-order valence-electron chi connectivity index (χ0n) is 19.3. The standard InChI is InChI=1S/C25H23Cl2F3N6/c1-14-22-23(33-13-32-22)21(12-16-18(26)3-2-4-19(16)27)35-24(14)34-20-6-5-15(11-17(20)25(28,29)30)36-9-7-31-8-10-36/h2-6,11,13,31H,7-10,12H2,1H3,(H,32,33)(H,34,35). The minimum atomic E-state index is -4.55. The number of aryl methyl sites for hydroxylation is 1. The van der Waals surface area contributed by atoms with Crippen LogP contribution in [0.2, 0.25) is 10.0 Å². The maximum absolute atomic E-state index is 14.1. The number of hydrogen-bond donors (Lipinski definition) is 3. The molecule has 0 amide bonds. The number of aromatic nitrogens is 3. The van der Waals surface area contributed by atoms with Crippen molar-refractivity contribution < 1.29 is 13.2 Å². The first kappa shape index (κ1) is 24.7. The van der Waals surface area contributed by atoms with Crippen LogP contribution in [0.3, 0.4) is 0 Å². The Morgan fingerprint density at radius 3 is 2.50 bits per heavy atom. The number of nitrogens with one attached hydrogen (secondary N) is 3. The van der Waals surface area contributed by atoms with E-state index in [4.69, 9.17) is 23.2 Å². The number of fused-ring (bicyclic) bond motifs is 1. The smallest absolute Gasteiger partial charge is 0.369 e. The fourth-order valence-electron chi connectivity index (χ4n) is 4.43. The maximum Gasteiger partial charge on any atom is 0.418 e. The van der Waals surface area contributed by atoms with Gasteiger partial charge in [-0.3, -0.25) is 0 Å². The molecule has 0 atom stereocenters. The van der Waals surface area contributed by atoms with E-state index in [-0.39, 0.29) is 12.1 Å². The van der Waals surface area contributed by atoms with Crippen LogP contribution in [-0.4, -0.2) is 41.1 Å². The third kappa shape index (κ3) is 4.83. The van der Waals surface area contributed by atoms with Gasteiger partial charge in [-0.15, -0.1) is 0 Å². The van der Waals surface area contributed by atoms with Crippen molar-refractivity contribution in [3.05, 3.63) is 75.2 Å². The highest BCUT2D eigenvalue weighted by Gasteiger charge is 2.35. The third-order valence-corrected chi connectivity index (χ3v) is 7.05. The number of aromatic amines is 1. The molecule has 0 unspecified atom stereocenters. The Morgan fingerprint density at radius 1 is 1.08 bits per heavy atom. The molecule has 11 heteroatoms. The van der Waals surface area contributed by atoms with Gasteiger partial charge in [-0.25, -0.2) is 9.97 Å². The molecule has 0 spiro atoms. The van der Waals surface area contributed by atoms with Crippen LogP contribution in [0.5, 0.6) is 0 Å². The molecule has 6 nitrogen and oxygen atoms in total. The van der Waals surface area contributed by atoms with E-state index in [1.165, 1.54) is 18.5 Å². The molecule has 1 aliphatic heterocycles. The van der Waals surface area contributed by atoms with E-state index in [9.17, 15) is 13.2 Å². The van der Waals surface area contributed by atoms with Gasteiger partial charge in [0.25, 0.3) is 0 Å². The average molecular weight is 535 g/mol. The molecule has 3 N–H and O–H groups in total. The SMILES string of the molecule is Cc1c(Nc2ccc(N3CCNCC3)cc2C(F)(F)F)nc(Cc2c(Cl)cccc2Cl)c2nc[nH]c12. The van der Waals surface area contributed by atoms with Crippen LogP contribution in [0, 0.1) is 6.92 Å². The first-order valence-electron chi connectivity index (χ1n) is 11.4. The number of benzene rings is 2. The lowest BCUT2D eigenvalue weighted by Gasteiger charge is -2.30. The van der Waals surface area contributed by atoms with Gasteiger partial charge in [-0.05, 0) is 42.8 Å². The fraction of sp³-hybridized carbons (Fsp3) is 0.280. The topological polar surface area (TPSA) is 68.9 Å². The number of halogens is 5. The van der Waals surface area contributed by atoms with Gasteiger partial charge < -0.3 is 20.5 Å². The molecule has 2 aromatic carbocycles. The van der Waals surface area contributed by atoms with Crippen molar-refractivity contribution in [1.82, 2.24) is 20.3 Å². The molecular weight excluding hydrogens is 512 g/mol. The number of hydrogen-bond acceptors (Lipinski definition) is 5. The Labute approximate surface area is 215 Å². The number of anilines is 3. The summed E-state index contributed by atoms with van der Waals surface area (Å²) in [7, 11) is 0. The quantitative estimate of drug-likeness (QED) is 0.279. The first-order valence-corrected chi connectivity index (χ1v) is 12.2. The zero-order valence-corrected chi connectivity index (χ0v) is 20.8. The van der Waals surface area contributed by atoms with Crippen molar-refractivity contribution in [3.63, 3.8) is 0 Å². The van der Waals surface area contributed by atoms with Gasteiger partial charge in [0.2, 0.25) is 0 Å². The van der Waals surface area contributed by atoms with Crippen molar-refractivity contribution in [3.8, 4) is 0 Å². The van der Waals surface area contributed by atoms with Crippen LogP contribution < -0.4 is 15.5 Å². The number of H-pyrrole nitrogens is 1. The summed E-state index contributed by atoms with van der Waals surface area (Å²) >= 11 is 12.7. The lowest BCUT2D eigenvalue weighted by Crippen LogP contribution is -2.43. The van der Waals surface area contributed by atoms with E-state index in [0.29, 0.717) is 62.5 Å². The monoisotopic (exact) mass is 534 g/mol. The Hall–Kier alpha value is -3.01. The molecule has 1 saturated heterocycles. The number of rotatable bonds is 5. The second-order valence-electron chi connectivity index (χ2n) is 8.62. The van der Waals surface area contributed by atoms with E-state index < -0.39 is 11.7 Å². The summed E-state index contributed by atoms with van der Waals surface area (Å²) in [4.78, 5) is 14.1. The highest BCUT2D eigenvalue weighted by atomic mass is 35.5. The molecule has 0 bridgehead atoms. The maximum atomic E-state index is 14.1. The molecule has 5 rings (SSSR count). The highest BCUT2D eigenvalue weighted by Crippen LogP contribution is 2.39. The summed E-state index contributed by atoms with van der Waals surface area (Å²) in [5.74, 6) is 0.297. The van der Waals surface area contributed by atoms with Crippen LogP contribution in [-0.2, 0) is 12.6 Å². The Kier molecular flexibility index (Phi) is 6.72. The highest BCUT2D eigenvalue weighted by molar-refractivity contribution is 6.36. The molecule has 188 valence electrons. The summed E-state index contributed by atoms with van der Waals surface area (Å²) in [6.07, 6.45) is -2.75. The number of nitrogens with zero attached hydrogens (tertiary/aromatic N) is 3. The van der Waals surface area contributed by atoms with Gasteiger partial charge in [0.1, 0.15) is 11.3 Å². The number of pyridine rings is 1. The van der Waals surface area contributed by atoms with Gasteiger partial charge in [-0.1, -0.05) is 29.3 Å².